The van der Waals surface area contributed by atoms with Crippen LogP contribution in [0.15, 0.2) is 91.0 Å². The van der Waals surface area contributed by atoms with Crippen LogP contribution in [0.2, 0.25) is 10.0 Å². The molecule has 0 aliphatic heterocycles. The van der Waals surface area contributed by atoms with Gasteiger partial charge in [0.2, 0.25) is 0 Å². The molecule has 0 aliphatic carbocycles. The average Bonchev–Trinajstić information content (AvgIpc) is 2.85. The molecule has 0 bridgehead atoms. The number of benzene rings is 4. The number of carbonyl (C=O) groups excluding carboxylic acids is 1. The fraction of sp³-hybridized carbons (Fsp3) is 0.138. The fourth-order valence-corrected chi connectivity index (χ4v) is 4.45. The lowest BCUT2D eigenvalue weighted by atomic mass is 10.1. The second kappa shape index (κ2) is 12.1. The smallest absolute Gasteiger partial charge is 0.254 e. The van der Waals surface area contributed by atoms with Gasteiger partial charge in [-0.2, -0.15) is 0 Å². The van der Waals surface area contributed by atoms with Gasteiger partial charge in [-0.25, -0.2) is 8.78 Å². The average molecular weight is 525 g/mol. The molecule has 0 unspecified atom stereocenters. The van der Waals surface area contributed by atoms with E-state index in [1.54, 1.807) is 53.4 Å². The van der Waals surface area contributed by atoms with Gasteiger partial charge in [0.1, 0.15) is 11.6 Å². The van der Waals surface area contributed by atoms with Crippen molar-refractivity contribution in [2.45, 2.75) is 26.2 Å². The van der Waals surface area contributed by atoms with Gasteiger partial charge in [-0.3, -0.25) is 4.79 Å². The van der Waals surface area contributed by atoms with Gasteiger partial charge in [0.05, 0.1) is 0 Å². The number of hydrogen-bond acceptors (Lipinski definition) is 2. The summed E-state index contributed by atoms with van der Waals surface area (Å²) in [7, 11) is 0. The molecule has 0 aromatic heterocycles. The molecule has 3 nitrogen and oxygen atoms in total. The molecule has 1 N–H and O–H groups in total. The minimum absolute atomic E-state index is 0.171. The van der Waals surface area contributed by atoms with Gasteiger partial charge in [0, 0.05) is 41.8 Å². The van der Waals surface area contributed by atoms with Crippen molar-refractivity contribution in [2.24, 2.45) is 0 Å². The van der Waals surface area contributed by atoms with E-state index in [1.807, 2.05) is 18.2 Å². The summed E-state index contributed by atoms with van der Waals surface area (Å²) < 4.78 is 26.5. The molecule has 0 saturated carbocycles. The van der Waals surface area contributed by atoms with E-state index in [-0.39, 0.29) is 30.6 Å². The normalized spacial score (nSPS) is 10.9. The zero-order valence-corrected chi connectivity index (χ0v) is 20.9. The van der Waals surface area contributed by atoms with Crippen LogP contribution in [0.3, 0.4) is 0 Å². The highest BCUT2D eigenvalue weighted by Crippen LogP contribution is 2.22. The van der Waals surface area contributed by atoms with E-state index < -0.39 is 0 Å². The molecule has 0 saturated heterocycles. The maximum atomic E-state index is 13.6. The van der Waals surface area contributed by atoms with Gasteiger partial charge >= 0.3 is 0 Å². The van der Waals surface area contributed by atoms with Crippen molar-refractivity contribution in [3.8, 4) is 0 Å². The predicted molar refractivity (Wildman–Crippen MR) is 140 cm³/mol. The molecule has 4 aromatic rings. The van der Waals surface area contributed by atoms with Crippen molar-refractivity contribution in [3.05, 3.63) is 140 Å². The lowest BCUT2D eigenvalue weighted by Gasteiger charge is -2.24. The number of hydrogen-bond donors (Lipinski definition) is 1. The molecule has 7 heteroatoms. The van der Waals surface area contributed by atoms with Crippen LogP contribution in [-0.4, -0.2) is 10.8 Å². The molecular formula is C29H24Cl2F2N2O. The monoisotopic (exact) mass is 524 g/mol. The standard InChI is InChI=1S/C29H24Cl2F2N2O/c30-25-13-23(14-26(31)15-25)19-35(18-21-6-10-28(33)11-7-21)29(36)24-3-1-2-22(12-24)17-34-16-20-4-8-27(32)9-5-20/h1-15,34H,16-19H2. The topological polar surface area (TPSA) is 32.3 Å². The molecule has 4 aromatic carbocycles. The SMILES string of the molecule is O=C(c1cccc(CNCc2ccc(F)cc2)c1)N(Cc1ccc(F)cc1)Cc1cc(Cl)cc(Cl)c1. The predicted octanol–water partition coefficient (Wildman–Crippen LogP) is 7.40. The number of nitrogens with zero attached hydrogens (tertiary/aromatic N) is 1. The Labute approximate surface area is 219 Å². The summed E-state index contributed by atoms with van der Waals surface area (Å²) >= 11 is 12.3. The number of rotatable bonds is 9. The summed E-state index contributed by atoms with van der Waals surface area (Å²) in [6.07, 6.45) is 0. The van der Waals surface area contributed by atoms with Crippen LogP contribution < -0.4 is 5.32 Å². The third-order valence-electron chi connectivity index (χ3n) is 5.62. The second-order valence-corrected chi connectivity index (χ2v) is 9.37. The third kappa shape index (κ3) is 7.37. The van der Waals surface area contributed by atoms with E-state index in [4.69, 9.17) is 23.2 Å². The van der Waals surface area contributed by atoms with Crippen LogP contribution in [0.4, 0.5) is 8.78 Å². The Bertz CT molecular complexity index is 1310. The maximum Gasteiger partial charge on any atom is 0.254 e. The van der Waals surface area contributed by atoms with Gasteiger partial charge in [-0.05, 0) is 76.9 Å². The van der Waals surface area contributed by atoms with Crippen molar-refractivity contribution in [2.75, 3.05) is 0 Å². The highest BCUT2D eigenvalue weighted by Gasteiger charge is 2.18. The van der Waals surface area contributed by atoms with Crippen LogP contribution in [0.5, 0.6) is 0 Å². The van der Waals surface area contributed by atoms with Crippen LogP contribution in [-0.2, 0) is 26.2 Å². The minimum atomic E-state index is -0.334. The molecule has 184 valence electrons. The summed E-state index contributed by atoms with van der Waals surface area (Å²) in [5, 5.41) is 4.29. The molecule has 0 spiro atoms. The molecule has 1 amide bonds. The Balaban J connectivity index is 1.50. The van der Waals surface area contributed by atoms with E-state index in [0.717, 1.165) is 22.3 Å². The number of carbonyl (C=O) groups is 1. The first kappa shape index (κ1) is 25.8. The molecule has 0 heterocycles. The largest absolute Gasteiger partial charge is 0.330 e. The Hall–Kier alpha value is -3.25. The molecular weight excluding hydrogens is 501 g/mol. The van der Waals surface area contributed by atoms with Gasteiger partial charge in [-0.1, -0.05) is 59.6 Å². The first-order valence-corrected chi connectivity index (χ1v) is 12.1. The molecule has 0 atom stereocenters. The first-order valence-electron chi connectivity index (χ1n) is 11.4. The van der Waals surface area contributed by atoms with Gasteiger partial charge < -0.3 is 10.2 Å². The lowest BCUT2D eigenvalue weighted by Crippen LogP contribution is -2.30. The maximum absolute atomic E-state index is 13.6. The molecule has 0 aliphatic rings. The van der Waals surface area contributed by atoms with Crippen LogP contribution in [0.1, 0.15) is 32.6 Å². The fourth-order valence-electron chi connectivity index (χ4n) is 3.88. The highest BCUT2D eigenvalue weighted by molar-refractivity contribution is 6.34. The lowest BCUT2D eigenvalue weighted by molar-refractivity contribution is 0.0730. The summed E-state index contributed by atoms with van der Waals surface area (Å²) in [6.45, 7) is 1.69. The van der Waals surface area contributed by atoms with Crippen LogP contribution in [0.25, 0.3) is 0 Å². The quantitative estimate of drug-likeness (QED) is 0.247. The van der Waals surface area contributed by atoms with Crippen molar-refractivity contribution in [1.29, 1.82) is 0 Å². The van der Waals surface area contributed by atoms with Gasteiger partial charge in [0.25, 0.3) is 5.91 Å². The number of halogens is 4. The van der Waals surface area contributed by atoms with Crippen molar-refractivity contribution >= 4 is 29.1 Å². The number of amides is 1. The zero-order chi connectivity index (χ0) is 25.5. The number of nitrogens with one attached hydrogen (secondary N) is 1. The van der Waals surface area contributed by atoms with Crippen LogP contribution in [0, 0.1) is 11.6 Å². The van der Waals surface area contributed by atoms with Crippen LogP contribution >= 0.6 is 23.2 Å². The van der Waals surface area contributed by atoms with Gasteiger partial charge in [0.15, 0.2) is 0 Å². The molecule has 4 rings (SSSR count). The van der Waals surface area contributed by atoms with Crippen molar-refractivity contribution < 1.29 is 13.6 Å². The summed E-state index contributed by atoms with van der Waals surface area (Å²) in [5.74, 6) is -0.773. The molecule has 0 radical (unpaired) electrons. The van der Waals surface area contributed by atoms with Crippen molar-refractivity contribution in [1.82, 2.24) is 10.2 Å². The van der Waals surface area contributed by atoms with E-state index in [0.29, 0.717) is 28.7 Å². The first-order chi connectivity index (χ1) is 17.4. The molecule has 0 fully saturated rings. The van der Waals surface area contributed by atoms with E-state index in [9.17, 15) is 13.6 Å². The zero-order valence-electron chi connectivity index (χ0n) is 19.4. The summed E-state index contributed by atoms with van der Waals surface area (Å²) in [5.41, 5.74) is 4.03. The van der Waals surface area contributed by atoms with Gasteiger partial charge in [-0.15, -0.1) is 0 Å². The Morgan fingerprint density at radius 3 is 1.86 bits per heavy atom. The second-order valence-electron chi connectivity index (χ2n) is 8.50. The summed E-state index contributed by atoms with van der Waals surface area (Å²) in [6, 6.07) is 25.0. The minimum Gasteiger partial charge on any atom is -0.330 e. The van der Waals surface area contributed by atoms with Crippen molar-refractivity contribution in [3.63, 3.8) is 0 Å². The molecule has 36 heavy (non-hydrogen) atoms. The third-order valence-corrected chi connectivity index (χ3v) is 6.05. The summed E-state index contributed by atoms with van der Waals surface area (Å²) in [4.78, 5) is 15.3. The van der Waals surface area contributed by atoms with E-state index in [2.05, 4.69) is 5.32 Å². The highest BCUT2D eigenvalue weighted by atomic mass is 35.5. The Morgan fingerprint density at radius 2 is 1.22 bits per heavy atom. The van der Waals surface area contributed by atoms with E-state index >= 15 is 0 Å². The Morgan fingerprint density at radius 1 is 0.667 bits per heavy atom. The van der Waals surface area contributed by atoms with E-state index in [1.165, 1.54) is 24.3 Å². The Kier molecular flexibility index (Phi) is 8.70.